The Bertz CT molecular complexity index is 1420. The Morgan fingerprint density at radius 3 is 2.26 bits per heavy atom. The first kappa shape index (κ1) is 30.2. The number of amides is 2. The molecule has 0 fully saturated rings. The molecule has 1 N–H and O–H groups in total. The number of rotatable bonds is 11. The van der Waals surface area contributed by atoms with Gasteiger partial charge in [-0.1, -0.05) is 72.1 Å². The van der Waals surface area contributed by atoms with Crippen LogP contribution in [0.5, 0.6) is 0 Å². The predicted octanol–water partition coefficient (Wildman–Crippen LogP) is 5.40. The molecule has 3 aromatic carbocycles. The van der Waals surface area contributed by atoms with E-state index in [-0.39, 0.29) is 17.3 Å². The molecule has 0 aliphatic carbocycles. The highest BCUT2D eigenvalue weighted by atomic mass is 35.5. The van der Waals surface area contributed by atoms with Crippen molar-refractivity contribution < 1.29 is 18.0 Å². The number of hydrogen-bond donors (Lipinski definition) is 1. The largest absolute Gasteiger partial charge is 0.354 e. The van der Waals surface area contributed by atoms with Gasteiger partial charge in [0.15, 0.2) is 0 Å². The van der Waals surface area contributed by atoms with Crippen LogP contribution in [0.4, 0.5) is 5.69 Å². The van der Waals surface area contributed by atoms with Crippen molar-refractivity contribution in [1.29, 1.82) is 0 Å². The number of halogens is 1. The average molecular weight is 570 g/mol. The van der Waals surface area contributed by atoms with Gasteiger partial charge in [0, 0.05) is 18.1 Å². The van der Waals surface area contributed by atoms with Gasteiger partial charge in [-0.25, -0.2) is 8.42 Å². The van der Waals surface area contributed by atoms with Crippen LogP contribution in [0.25, 0.3) is 0 Å². The van der Waals surface area contributed by atoms with Gasteiger partial charge in [0.25, 0.3) is 10.0 Å². The van der Waals surface area contributed by atoms with E-state index >= 15 is 0 Å². The zero-order chi connectivity index (χ0) is 28.7. The topological polar surface area (TPSA) is 86.8 Å². The Balaban J connectivity index is 2.06. The van der Waals surface area contributed by atoms with Crippen LogP contribution in [0.3, 0.4) is 0 Å². The highest BCUT2D eigenvalue weighted by Crippen LogP contribution is 2.31. The molecule has 3 aromatic rings. The molecular formula is C30H36ClN3O4S. The van der Waals surface area contributed by atoms with E-state index in [1.165, 1.54) is 17.0 Å². The molecule has 0 spiro atoms. The zero-order valence-electron chi connectivity index (χ0n) is 23.1. The maximum atomic E-state index is 14.0. The van der Waals surface area contributed by atoms with Gasteiger partial charge < -0.3 is 10.2 Å². The first-order chi connectivity index (χ1) is 18.4. The van der Waals surface area contributed by atoms with E-state index in [0.717, 1.165) is 27.4 Å². The van der Waals surface area contributed by atoms with Crippen LogP contribution in [-0.4, -0.2) is 44.3 Å². The summed E-state index contributed by atoms with van der Waals surface area (Å²) < 4.78 is 29.0. The summed E-state index contributed by atoms with van der Waals surface area (Å²) in [6.07, 6.45) is 0.751. The summed E-state index contributed by atoms with van der Waals surface area (Å²) in [4.78, 5) is 28.4. The third-order valence-corrected chi connectivity index (χ3v) is 8.73. The van der Waals surface area contributed by atoms with Crippen LogP contribution in [0.15, 0.2) is 71.6 Å². The summed E-state index contributed by atoms with van der Waals surface area (Å²) >= 11 is 6.37. The van der Waals surface area contributed by atoms with E-state index in [2.05, 4.69) is 5.32 Å². The molecule has 0 aliphatic heterocycles. The molecular weight excluding hydrogens is 534 g/mol. The summed E-state index contributed by atoms with van der Waals surface area (Å²) in [5.74, 6) is -0.810. The number of carbonyl (C=O) groups is 2. The van der Waals surface area contributed by atoms with Gasteiger partial charge in [0.05, 0.1) is 10.6 Å². The van der Waals surface area contributed by atoms with Crippen LogP contribution in [-0.2, 0) is 26.2 Å². The SMILES string of the molecule is CCCNC(=O)[C@H](C)N(Cc1cccc(C)c1)C(=O)CN(c1cccc(Cl)c1C)S(=O)(=O)c1ccc(C)cc1. The lowest BCUT2D eigenvalue weighted by Gasteiger charge is -2.32. The maximum Gasteiger partial charge on any atom is 0.264 e. The first-order valence-electron chi connectivity index (χ1n) is 12.9. The summed E-state index contributed by atoms with van der Waals surface area (Å²) in [6.45, 7) is 9.25. The molecule has 0 aromatic heterocycles. The molecule has 208 valence electrons. The maximum absolute atomic E-state index is 14.0. The fourth-order valence-corrected chi connectivity index (χ4v) is 5.84. The molecule has 1 atom stereocenters. The van der Waals surface area contributed by atoms with E-state index in [1.807, 2.05) is 45.0 Å². The number of nitrogens with zero attached hydrogens (tertiary/aromatic N) is 2. The van der Waals surface area contributed by atoms with Gasteiger partial charge in [0.1, 0.15) is 12.6 Å². The minimum atomic E-state index is -4.15. The minimum Gasteiger partial charge on any atom is -0.354 e. The van der Waals surface area contributed by atoms with Gasteiger partial charge in [-0.05, 0) is 69.5 Å². The van der Waals surface area contributed by atoms with Crippen molar-refractivity contribution >= 4 is 39.1 Å². The van der Waals surface area contributed by atoms with Crippen LogP contribution in [0.1, 0.15) is 42.5 Å². The van der Waals surface area contributed by atoms with Crippen LogP contribution in [0.2, 0.25) is 5.02 Å². The lowest BCUT2D eigenvalue weighted by molar-refractivity contribution is -0.139. The summed E-state index contributed by atoms with van der Waals surface area (Å²) in [6, 6.07) is 18.2. The number of aryl methyl sites for hydroxylation is 2. The van der Waals surface area contributed by atoms with Crippen LogP contribution < -0.4 is 9.62 Å². The Kier molecular flexibility index (Phi) is 10.2. The minimum absolute atomic E-state index is 0.0549. The molecule has 9 heteroatoms. The van der Waals surface area contributed by atoms with Crippen molar-refractivity contribution in [2.75, 3.05) is 17.4 Å². The fraction of sp³-hybridized carbons (Fsp3) is 0.333. The molecule has 0 heterocycles. The molecule has 0 aliphatic rings. The predicted molar refractivity (Wildman–Crippen MR) is 156 cm³/mol. The molecule has 3 rings (SSSR count). The third kappa shape index (κ3) is 7.40. The van der Waals surface area contributed by atoms with E-state index in [4.69, 9.17) is 11.6 Å². The Morgan fingerprint density at radius 2 is 1.62 bits per heavy atom. The highest BCUT2D eigenvalue weighted by Gasteiger charge is 2.33. The second kappa shape index (κ2) is 13.1. The van der Waals surface area contributed by atoms with Gasteiger partial charge in [-0.15, -0.1) is 0 Å². The fourth-order valence-electron chi connectivity index (χ4n) is 4.20. The average Bonchev–Trinajstić information content (AvgIpc) is 2.90. The van der Waals surface area contributed by atoms with Crippen LogP contribution >= 0.6 is 11.6 Å². The molecule has 0 radical (unpaired) electrons. The normalized spacial score (nSPS) is 12.1. The van der Waals surface area contributed by atoms with Crippen molar-refractivity contribution in [2.24, 2.45) is 0 Å². The quantitative estimate of drug-likeness (QED) is 0.335. The van der Waals surface area contributed by atoms with E-state index in [9.17, 15) is 18.0 Å². The van der Waals surface area contributed by atoms with Gasteiger partial charge in [-0.2, -0.15) is 0 Å². The molecule has 0 unspecified atom stereocenters. The first-order valence-corrected chi connectivity index (χ1v) is 14.7. The van der Waals surface area contributed by atoms with Crippen molar-refractivity contribution in [3.63, 3.8) is 0 Å². The van der Waals surface area contributed by atoms with Crippen molar-refractivity contribution in [3.8, 4) is 0 Å². The number of carbonyl (C=O) groups excluding carboxylic acids is 2. The van der Waals surface area contributed by atoms with Crippen molar-refractivity contribution in [3.05, 3.63) is 94.0 Å². The lowest BCUT2D eigenvalue weighted by Crippen LogP contribution is -2.51. The molecule has 39 heavy (non-hydrogen) atoms. The van der Waals surface area contributed by atoms with Crippen molar-refractivity contribution in [2.45, 2.75) is 58.5 Å². The van der Waals surface area contributed by atoms with Gasteiger partial charge in [0.2, 0.25) is 11.8 Å². The lowest BCUT2D eigenvalue weighted by atomic mass is 10.1. The molecule has 7 nitrogen and oxygen atoms in total. The number of anilines is 1. The molecule has 0 saturated heterocycles. The summed E-state index contributed by atoms with van der Waals surface area (Å²) in [5.41, 5.74) is 3.59. The van der Waals surface area contributed by atoms with Crippen LogP contribution in [0, 0.1) is 20.8 Å². The molecule has 2 amide bonds. The number of benzene rings is 3. The monoisotopic (exact) mass is 569 g/mol. The van der Waals surface area contributed by atoms with Gasteiger partial charge >= 0.3 is 0 Å². The number of sulfonamides is 1. The summed E-state index contributed by atoms with van der Waals surface area (Å²) in [5, 5.41) is 3.23. The highest BCUT2D eigenvalue weighted by molar-refractivity contribution is 7.92. The second-order valence-electron chi connectivity index (χ2n) is 9.69. The summed E-state index contributed by atoms with van der Waals surface area (Å²) in [7, 11) is -4.15. The Hall–Kier alpha value is -3.36. The zero-order valence-corrected chi connectivity index (χ0v) is 24.6. The van der Waals surface area contributed by atoms with E-state index in [0.29, 0.717) is 22.8 Å². The second-order valence-corrected chi connectivity index (χ2v) is 12.0. The third-order valence-electron chi connectivity index (χ3n) is 6.55. The smallest absolute Gasteiger partial charge is 0.264 e. The Labute approximate surface area is 236 Å². The van der Waals surface area contributed by atoms with E-state index < -0.39 is 28.5 Å². The number of nitrogens with one attached hydrogen (secondary N) is 1. The molecule has 0 bridgehead atoms. The van der Waals surface area contributed by atoms with E-state index in [1.54, 1.807) is 44.2 Å². The molecule has 0 saturated carbocycles. The van der Waals surface area contributed by atoms with Crippen molar-refractivity contribution in [1.82, 2.24) is 10.2 Å². The standard InChI is InChI=1S/C30H36ClN3O4S/c1-6-17-32-30(36)24(5)33(19-25-10-7-9-22(3)18-25)29(35)20-34(28-12-8-11-27(31)23(28)4)39(37,38)26-15-13-21(2)14-16-26/h7-16,18,24H,6,17,19-20H2,1-5H3,(H,32,36)/t24-/m0/s1. The van der Waals surface area contributed by atoms with Gasteiger partial charge in [-0.3, -0.25) is 13.9 Å². The Morgan fingerprint density at radius 1 is 0.949 bits per heavy atom. The number of hydrogen-bond acceptors (Lipinski definition) is 4.